The van der Waals surface area contributed by atoms with Gasteiger partial charge in [0.05, 0.1) is 18.4 Å². The Morgan fingerprint density at radius 3 is 2.96 bits per heavy atom. The van der Waals surface area contributed by atoms with Gasteiger partial charge < -0.3 is 9.73 Å². The number of carbonyl (C=O) groups is 1. The summed E-state index contributed by atoms with van der Waals surface area (Å²) in [7, 11) is 0. The zero-order valence-corrected chi connectivity index (χ0v) is 14.0. The number of nitrogens with one attached hydrogen (secondary N) is 1. The van der Waals surface area contributed by atoms with Crippen molar-refractivity contribution in [1.82, 2.24) is 10.3 Å². The standard InChI is InChI=1S/C19H18N2O2S/c22-18(11-16-12-24-19(21-16)17-6-3-9-23-17)20-15-8-7-13-4-1-2-5-14(13)10-15/h1-6,9,12,15H,7-8,10-11H2,(H,20,22). The van der Waals surface area contributed by atoms with E-state index in [0.29, 0.717) is 6.42 Å². The minimum atomic E-state index is 0.0377. The average molecular weight is 338 g/mol. The van der Waals surface area contributed by atoms with Gasteiger partial charge in [0.15, 0.2) is 10.8 Å². The SMILES string of the molecule is O=C(Cc1csc(-c2ccco2)n1)NC1CCc2ccccc2C1. The second-order valence-corrected chi connectivity index (χ2v) is 6.93. The Balaban J connectivity index is 1.36. The van der Waals surface area contributed by atoms with Crippen molar-refractivity contribution in [3.63, 3.8) is 0 Å². The van der Waals surface area contributed by atoms with E-state index in [1.54, 1.807) is 6.26 Å². The molecule has 5 heteroatoms. The lowest BCUT2D eigenvalue weighted by Gasteiger charge is -2.25. The second kappa shape index (κ2) is 6.61. The summed E-state index contributed by atoms with van der Waals surface area (Å²) in [6.07, 6.45) is 4.88. The normalized spacial score (nSPS) is 16.6. The van der Waals surface area contributed by atoms with Gasteiger partial charge in [0.25, 0.3) is 0 Å². The summed E-state index contributed by atoms with van der Waals surface area (Å²) in [4.78, 5) is 16.8. The molecule has 1 N–H and O–H groups in total. The molecule has 0 aliphatic heterocycles. The molecule has 1 atom stereocenters. The Bertz CT molecular complexity index is 839. The van der Waals surface area contributed by atoms with Gasteiger partial charge in [0.2, 0.25) is 5.91 Å². The topological polar surface area (TPSA) is 55.1 Å². The third-order valence-corrected chi connectivity index (χ3v) is 5.24. The predicted molar refractivity (Wildman–Crippen MR) is 93.9 cm³/mol. The molecule has 0 saturated heterocycles. The Labute approximate surface area is 144 Å². The highest BCUT2D eigenvalue weighted by Crippen LogP contribution is 2.24. The minimum Gasteiger partial charge on any atom is -0.462 e. The number of hydrogen-bond donors (Lipinski definition) is 1. The smallest absolute Gasteiger partial charge is 0.226 e. The first-order valence-electron chi connectivity index (χ1n) is 8.12. The first kappa shape index (κ1) is 15.1. The molecule has 0 saturated carbocycles. The maximum absolute atomic E-state index is 12.3. The third-order valence-electron chi connectivity index (χ3n) is 4.34. The van der Waals surface area contributed by atoms with Crippen molar-refractivity contribution in [3.8, 4) is 10.8 Å². The molecular formula is C19H18N2O2S. The van der Waals surface area contributed by atoms with E-state index in [1.165, 1.54) is 22.5 Å². The van der Waals surface area contributed by atoms with Crippen molar-refractivity contribution in [3.05, 3.63) is 64.9 Å². The summed E-state index contributed by atoms with van der Waals surface area (Å²) in [5.41, 5.74) is 3.55. The third kappa shape index (κ3) is 3.26. The van der Waals surface area contributed by atoms with E-state index in [0.717, 1.165) is 35.7 Å². The lowest BCUT2D eigenvalue weighted by Crippen LogP contribution is -2.39. The molecule has 4 nitrogen and oxygen atoms in total. The number of carbonyl (C=O) groups excluding carboxylic acids is 1. The van der Waals surface area contributed by atoms with Crippen LogP contribution in [0.4, 0.5) is 0 Å². The number of aryl methyl sites for hydroxylation is 1. The van der Waals surface area contributed by atoms with Crippen LogP contribution in [0.2, 0.25) is 0 Å². The number of nitrogens with zero attached hydrogens (tertiary/aromatic N) is 1. The highest BCUT2D eigenvalue weighted by atomic mass is 32.1. The summed E-state index contributed by atoms with van der Waals surface area (Å²) in [6, 6.07) is 12.4. The zero-order chi connectivity index (χ0) is 16.4. The Morgan fingerprint density at radius 2 is 2.12 bits per heavy atom. The average Bonchev–Trinajstić information content (AvgIpc) is 3.26. The number of fused-ring (bicyclic) bond motifs is 1. The van der Waals surface area contributed by atoms with Crippen LogP contribution in [-0.2, 0) is 24.1 Å². The van der Waals surface area contributed by atoms with Crippen molar-refractivity contribution in [1.29, 1.82) is 0 Å². The van der Waals surface area contributed by atoms with E-state index in [1.807, 2.05) is 17.5 Å². The van der Waals surface area contributed by atoms with Crippen LogP contribution in [0.3, 0.4) is 0 Å². The van der Waals surface area contributed by atoms with Gasteiger partial charge in [-0.15, -0.1) is 11.3 Å². The molecule has 3 aromatic rings. The van der Waals surface area contributed by atoms with E-state index in [2.05, 4.69) is 34.6 Å². The number of amides is 1. The molecule has 2 heterocycles. The quantitative estimate of drug-likeness (QED) is 0.790. The van der Waals surface area contributed by atoms with Crippen LogP contribution in [0.15, 0.2) is 52.5 Å². The monoisotopic (exact) mass is 338 g/mol. The summed E-state index contributed by atoms with van der Waals surface area (Å²) >= 11 is 1.50. The van der Waals surface area contributed by atoms with Crippen LogP contribution < -0.4 is 5.32 Å². The highest BCUT2D eigenvalue weighted by molar-refractivity contribution is 7.13. The van der Waals surface area contributed by atoms with Gasteiger partial charge in [-0.1, -0.05) is 24.3 Å². The molecule has 1 aliphatic carbocycles. The summed E-state index contributed by atoms with van der Waals surface area (Å²) in [5, 5.41) is 5.89. The second-order valence-electron chi connectivity index (χ2n) is 6.07. The number of furan rings is 1. The molecule has 0 spiro atoms. The Kier molecular flexibility index (Phi) is 4.17. The molecule has 0 fully saturated rings. The molecule has 122 valence electrons. The highest BCUT2D eigenvalue weighted by Gasteiger charge is 2.20. The molecule has 4 rings (SSSR count). The van der Waals surface area contributed by atoms with Gasteiger partial charge in [-0.3, -0.25) is 4.79 Å². The van der Waals surface area contributed by atoms with Gasteiger partial charge in [-0.2, -0.15) is 0 Å². The van der Waals surface area contributed by atoms with Crippen molar-refractivity contribution in [2.24, 2.45) is 0 Å². The van der Waals surface area contributed by atoms with Crippen molar-refractivity contribution >= 4 is 17.2 Å². The fourth-order valence-corrected chi connectivity index (χ4v) is 3.95. The first-order valence-corrected chi connectivity index (χ1v) is 9.00. The van der Waals surface area contributed by atoms with Crippen LogP contribution in [0.25, 0.3) is 10.8 Å². The minimum absolute atomic E-state index is 0.0377. The Morgan fingerprint density at radius 1 is 1.25 bits per heavy atom. The van der Waals surface area contributed by atoms with Crippen LogP contribution in [0.1, 0.15) is 23.2 Å². The summed E-state index contributed by atoms with van der Waals surface area (Å²) in [6.45, 7) is 0. The van der Waals surface area contributed by atoms with Crippen LogP contribution in [-0.4, -0.2) is 16.9 Å². The predicted octanol–water partition coefficient (Wildman–Crippen LogP) is 3.62. The molecular weight excluding hydrogens is 320 g/mol. The summed E-state index contributed by atoms with van der Waals surface area (Å²) < 4.78 is 5.34. The number of rotatable bonds is 4. The van der Waals surface area contributed by atoms with Gasteiger partial charge in [0.1, 0.15) is 0 Å². The van der Waals surface area contributed by atoms with Gasteiger partial charge >= 0.3 is 0 Å². The Hall–Kier alpha value is -2.40. The fraction of sp³-hybridized carbons (Fsp3) is 0.263. The summed E-state index contributed by atoms with van der Waals surface area (Å²) in [5.74, 6) is 0.784. The van der Waals surface area contributed by atoms with Crippen LogP contribution >= 0.6 is 11.3 Å². The van der Waals surface area contributed by atoms with E-state index in [4.69, 9.17) is 4.42 Å². The lowest BCUT2D eigenvalue weighted by molar-refractivity contribution is -0.121. The van der Waals surface area contributed by atoms with Gasteiger partial charge in [-0.25, -0.2) is 4.98 Å². The van der Waals surface area contributed by atoms with Crippen molar-refractivity contribution in [2.75, 3.05) is 0 Å². The van der Waals surface area contributed by atoms with Crippen LogP contribution in [0.5, 0.6) is 0 Å². The number of thiazole rings is 1. The maximum atomic E-state index is 12.3. The number of aromatic nitrogens is 1. The number of hydrogen-bond acceptors (Lipinski definition) is 4. The van der Waals surface area contributed by atoms with Crippen LogP contribution in [0, 0.1) is 0 Å². The molecule has 1 aromatic carbocycles. The molecule has 1 unspecified atom stereocenters. The first-order chi connectivity index (χ1) is 11.8. The van der Waals surface area contributed by atoms with E-state index in [-0.39, 0.29) is 11.9 Å². The van der Waals surface area contributed by atoms with Gasteiger partial charge in [0, 0.05) is 11.4 Å². The fourth-order valence-electron chi connectivity index (χ4n) is 3.17. The lowest BCUT2D eigenvalue weighted by atomic mass is 9.88. The van der Waals surface area contributed by atoms with Crippen molar-refractivity contribution < 1.29 is 9.21 Å². The van der Waals surface area contributed by atoms with E-state index >= 15 is 0 Å². The molecule has 1 aliphatic rings. The maximum Gasteiger partial charge on any atom is 0.226 e. The molecule has 0 bridgehead atoms. The molecule has 0 radical (unpaired) electrons. The molecule has 2 aromatic heterocycles. The largest absolute Gasteiger partial charge is 0.462 e. The van der Waals surface area contributed by atoms with E-state index < -0.39 is 0 Å². The van der Waals surface area contributed by atoms with Gasteiger partial charge in [-0.05, 0) is 42.5 Å². The number of benzene rings is 1. The zero-order valence-electron chi connectivity index (χ0n) is 13.2. The van der Waals surface area contributed by atoms with E-state index in [9.17, 15) is 4.79 Å². The van der Waals surface area contributed by atoms with Crippen molar-refractivity contribution in [2.45, 2.75) is 31.7 Å². The molecule has 1 amide bonds. The molecule has 24 heavy (non-hydrogen) atoms.